The van der Waals surface area contributed by atoms with E-state index in [0.29, 0.717) is 5.56 Å². The fourth-order valence-corrected chi connectivity index (χ4v) is 5.35. The van der Waals surface area contributed by atoms with Crippen molar-refractivity contribution in [2.45, 2.75) is 17.7 Å². The first kappa shape index (κ1) is 19.4. The maximum Gasteiger partial charge on any atom is 0.222 e. The number of H-pyrrole nitrogens is 1. The molecule has 0 aliphatic rings. The molecule has 1 amide bonds. The lowest BCUT2D eigenvalue weighted by Gasteiger charge is -2.04. The summed E-state index contributed by atoms with van der Waals surface area (Å²) in [7, 11) is 0. The van der Waals surface area contributed by atoms with Gasteiger partial charge < -0.3 is 10.7 Å². The fourth-order valence-electron chi connectivity index (χ4n) is 3.24. The Labute approximate surface area is 176 Å². The Bertz CT molecular complexity index is 1200. The quantitative estimate of drug-likeness (QED) is 0.337. The third kappa shape index (κ3) is 4.11. The number of ketones is 1. The maximum atomic E-state index is 13.2. The second kappa shape index (κ2) is 8.23. The highest BCUT2D eigenvalue weighted by atomic mass is 32.2. The molecule has 29 heavy (non-hydrogen) atoms. The number of primary amides is 1. The van der Waals surface area contributed by atoms with E-state index >= 15 is 0 Å². The first-order chi connectivity index (χ1) is 14.0. The molecule has 3 N–H and O–H groups in total. The molecule has 0 atom stereocenters. The number of Topliss-reactive ketones (excluding diaryl/α,β-unsaturated/α-hetero) is 1. The van der Waals surface area contributed by atoms with Crippen LogP contribution in [0.3, 0.4) is 0 Å². The van der Waals surface area contributed by atoms with Gasteiger partial charge in [0.25, 0.3) is 0 Å². The summed E-state index contributed by atoms with van der Waals surface area (Å²) < 4.78 is 0.771. The van der Waals surface area contributed by atoms with Gasteiger partial charge in [-0.15, -0.1) is 11.3 Å². The Kier molecular flexibility index (Phi) is 5.51. The van der Waals surface area contributed by atoms with E-state index in [9.17, 15) is 9.59 Å². The molecular formula is C22H19N3O2S2. The number of hydrogen-bond donors (Lipinski definition) is 2. The Morgan fingerprint density at radius 1 is 1.10 bits per heavy atom. The van der Waals surface area contributed by atoms with E-state index < -0.39 is 0 Å². The van der Waals surface area contributed by atoms with Crippen molar-refractivity contribution in [1.82, 2.24) is 9.97 Å². The molecule has 2 aromatic carbocycles. The average molecular weight is 422 g/mol. The van der Waals surface area contributed by atoms with E-state index in [2.05, 4.69) is 9.97 Å². The molecule has 0 saturated carbocycles. The van der Waals surface area contributed by atoms with Crippen molar-refractivity contribution in [3.05, 3.63) is 70.7 Å². The molecule has 4 rings (SSSR count). The standard InChI is InChI=1S/C22H19N3O2S2/c1-13-18(11-19(23)27)29-22(24-13)28-12-17(26)20-15-9-5-6-10-16(15)25-21(20)14-7-3-2-4-8-14/h2-10,25H,11-12H2,1H3,(H2,23,27). The zero-order valence-electron chi connectivity index (χ0n) is 15.8. The van der Waals surface area contributed by atoms with E-state index in [1.54, 1.807) is 0 Å². The van der Waals surface area contributed by atoms with Gasteiger partial charge in [0.05, 0.1) is 29.1 Å². The maximum absolute atomic E-state index is 13.2. The van der Waals surface area contributed by atoms with E-state index in [4.69, 9.17) is 5.73 Å². The second-order valence-corrected chi connectivity index (χ2v) is 8.94. The van der Waals surface area contributed by atoms with E-state index in [-0.39, 0.29) is 23.9 Å². The fraction of sp³-hybridized carbons (Fsp3) is 0.136. The summed E-state index contributed by atoms with van der Waals surface area (Å²) in [4.78, 5) is 33.1. The Balaban J connectivity index is 1.63. The van der Waals surface area contributed by atoms with Crippen LogP contribution in [0.25, 0.3) is 22.2 Å². The van der Waals surface area contributed by atoms with Crippen LogP contribution in [0.4, 0.5) is 0 Å². The van der Waals surface area contributed by atoms with Crippen molar-refractivity contribution in [1.29, 1.82) is 0 Å². The van der Waals surface area contributed by atoms with Crippen LogP contribution in [0.1, 0.15) is 20.9 Å². The predicted octanol–water partition coefficient (Wildman–Crippen LogP) is 4.60. The monoisotopic (exact) mass is 421 g/mol. The van der Waals surface area contributed by atoms with Gasteiger partial charge in [-0.2, -0.15) is 0 Å². The zero-order valence-corrected chi connectivity index (χ0v) is 17.4. The lowest BCUT2D eigenvalue weighted by atomic mass is 10.0. The third-order valence-corrected chi connectivity index (χ3v) is 6.88. The molecule has 0 radical (unpaired) electrons. The lowest BCUT2D eigenvalue weighted by Crippen LogP contribution is -2.13. The number of benzene rings is 2. The molecule has 0 bridgehead atoms. The number of nitrogens with zero attached hydrogens (tertiary/aromatic N) is 1. The summed E-state index contributed by atoms with van der Waals surface area (Å²) in [6.45, 7) is 1.85. The number of nitrogens with two attached hydrogens (primary N) is 1. The second-order valence-electron chi connectivity index (χ2n) is 6.63. The molecule has 0 fully saturated rings. The van der Waals surface area contributed by atoms with Crippen LogP contribution in [-0.2, 0) is 11.2 Å². The van der Waals surface area contributed by atoms with Gasteiger partial charge in [-0.1, -0.05) is 60.3 Å². The van der Waals surface area contributed by atoms with Gasteiger partial charge in [0, 0.05) is 15.8 Å². The van der Waals surface area contributed by atoms with Gasteiger partial charge in [-0.25, -0.2) is 4.98 Å². The number of carbonyl (C=O) groups is 2. The van der Waals surface area contributed by atoms with Crippen molar-refractivity contribution in [3.8, 4) is 11.3 Å². The third-order valence-electron chi connectivity index (χ3n) is 4.58. The van der Waals surface area contributed by atoms with Gasteiger partial charge in [0.1, 0.15) is 0 Å². The van der Waals surface area contributed by atoms with Crippen LogP contribution in [0.2, 0.25) is 0 Å². The van der Waals surface area contributed by atoms with Crippen LogP contribution < -0.4 is 5.73 Å². The topological polar surface area (TPSA) is 88.8 Å². The zero-order chi connectivity index (χ0) is 20.4. The lowest BCUT2D eigenvalue weighted by molar-refractivity contribution is -0.117. The number of aryl methyl sites for hydroxylation is 1. The van der Waals surface area contributed by atoms with E-state index in [0.717, 1.165) is 37.1 Å². The number of aromatic nitrogens is 2. The van der Waals surface area contributed by atoms with Crippen LogP contribution in [0.5, 0.6) is 0 Å². The SMILES string of the molecule is Cc1nc(SCC(=O)c2c(-c3ccccc3)[nH]c3ccccc23)sc1CC(N)=O. The minimum atomic E-state index is -0.379. The van der Waals surface area contributed by atoms with E-state index in [1.807, 2.05) is 61.5 Å². The van der Waals surface area contributed by atoms with Crippen LogP contribution in [0.15, 0.2) is 58.9 Å². The molecule has 4 aromatic rings. The summed E-state index contributed by atoms with van der Waals surface area (Å²) in [5.74, 6) is -0.0729. The molecular weight excluding hydrogens is 402 g/mol. The van der Waals surface area contributed by atoms with Crippen LogP contribution in [-0.4, -0.2) is 27.4 Å². The minimum absolute atomic E-state index is 0.0376. The normalized spacial score (nSPS) is 11.1. The molecule has 7 heteroatoms. The Morgan fingerprint density at radius 3 is 2.59 bits per heavy atom. The van der Waals surface area contributed by atoms with Crippen molar-refractivity contribution in [2.24, 2.45) is 5.73 Å². The number of thioether (sulfide) groups is 1. The van der Waals surface area contributed by atoms with E-state index in [1.165, 1.54) is 23.1 Å². The van der Waals surface area contributed by atoms with Gasteiger partial charge >= 0.3 is 0 Å². The molecule has 0 saturated heterocycles. The predicted molar refractivity (Wildman–Crippen MR) is 119 cm³/mol. The Morgan fingerprint density at radius 2 is 1.83 bits per heavy atom. The molecule has 146 valence electrons. The largest absolute Gasteiger partial charge is 0.369 e. The van der Waals surface area contributed by atoms with Crippen molar-refractivity contribution in [3.63, 3.8) is 0 Å². The summed E-state index contributed by atoms with van der Waals surface area (Å²) in [5, 5.41) is 0.918. The molecule has 0 spiro atoms. The molecule has 0 aliphatic carbocycles. The van der Waals surface area contributed by atoms with Crippen LogP contribution in [0, 0.1) is 6.92 Å². The average Bonchev–Trinajstić information content (AvgIpc) is 3.27. The number of para-hydroxylation sites is 1. The number of aromatic amines is 1. The van der Waals surface area contributed by atoms with Crippen molar-refractivity contribution < 1.29 is 9.59 Å². The molecule has 2 aromatic heterocycles. The molecule has 5 nitrogen and oxygen atoms in total. The van der Waals surface area contributed by atoms with Crippen LogP contribution >= 0.6 is 23.1 Å². The van der Waals surface area contributed by atoms with Gasteiger partial charge in [0.15, 0.2) is 10.1 Å². The number of amides is 1. The highest BCUT2D eigenvalue weighted by molar-refractivity contribution is 8.01. The molecule has 2 heterocycles. The van der Waals surface area contributed by atoms with Crippen molar-refractivity contribution in [2.75, 3.05) is 5.75 Å². The first-order valence-corrected chi connectivity index (χ1v) is 10.9. The smallest absolute Gasteiger partial charge is 0.222 e. The number of nitrogens with one attached hydrogen (secondary N) is 1. The van der Waals surface area contributed by atoms with Gasteiger partial charge in [-0.3, -0.25) is 9.59 Å². The minimum Gasteiger partial charge on any atom is -0.369 e. The number of fused-ring (bicyclic) bond motifs is 1. The first-order valence-electron chi connectivity index (χ1n) is 9.09. The Hall–Kier alpha value is -2.90. The summed E-state index contributed by atoms with van der Waals surface area (Å²) in [6, 6.07) is 17.7. The number of rotatable bonds is 7. The molecule has 0 unspecified atom stereocenters. The number of hydrogen-bond acceptors (Lipinski definition) is 5. The van der Waals surface area contributed by atoms with Gasteiger partial charge in [0.2, 0.25) is 5.91 Å². The molecule has 0 aliphatic heterocycles. The van der Waals surface area contributed by atoms with Crippen molar-refractivity contribution >= 4 is 45.7 Å². The van der Waals surface area contributed by atoms with Gasteiger partial charge in [-0.05, 0) is 18.6 Å². The number of thiazole rings is 1. The highest BCUT2D eigenvalue weighted by Gasteiger charge is 2.20. The highest BCUT2D eigenvalue weighted by Crippen LogP contribution is 2.33. The summed E-state index contributed by atoms with van der Waals surface area (Å²) in [5.41, 5.74) is 9.53. The number of carbonyl (C=O) groups excluding carboxylic acids is 2. The summed E-state index contributed by atoms with van der Waals surface area (Å²) >= 11 is 2.82. The summed E-state index contributed by atoms with van der Waals surface area (Å²) in [6.07, 6.45) is 0.179.